The number of guanidine groups is 1. The number of hydrogen-bond acceptors (Lipinski definition) is 8. The van der Waals surface area contributed by atoms with E-state index in [1.165, 1.54) is 7.11 Å². The summed E-state index contributed by atoms with van der Waals surface area (Å²) in [4.78, 5) is 69.0. The predicted molar refractivity (Wildman–Crippen MR) is 177 cm³/mol. The highest BCUT2D eigenvalue weighted by atomic mass is 16.5. The fraction of sp³-hybridized carbons (Fsp3) is 0.314. The molecule has 1 saturated heterocycles. The summed E-state index contributed by atoms with van der Waals surface area (Å²) < 4.78 is 5.04. The average Bonchev–Trinajstić information content (AvgIpc) is 3.75. The van der Waals surface area contributed by atoms with Gasteiger partial charge < -0.3 is 31.1 Å². The Morgan fingerprint density at radius 3 is 2.34 bits per heavy atom. The lowest BCUT2D eigenvalue weighted by Crippen LogP contribution is -2.39. The number of nitrogens with one attached hydrogen (secondary N) is 2. The fourth-order valence-electron chi connectivity index (χ4n) is 6.28. The molecule has 2 atom stereocenters. The number of ether oxygens (including phenoxy) is 1. The first kappa shape index (κ1) is 33.0. The molecule has 0 aliphatic carbocycles. The number of nitrogens with two attached hydrogens (primary N) is 2. The molecule has 1 unspecified atom stereocenters. The second kappa shape index (κ2) is 14.0. The Bertz CT molecular complexity index is 1720. The molecule has 12 heteroatoms. The summed E-state index contributed by atoms with van der Waals surface area (Å²) in [5.74, 6) is -1.24. The second-order valence-corrected chi connectivity index (χ2v) is 11.8. The first-order valence-corrected chi connectivity index (χ1v) is 15.4. The third-order valence-electron chi connectivity index (χ3n) is 8.75. The van der Waals surface area contributed by atoms with Crippen LogP contribution in [0.2, 0.25) is 0 Å². The van der Waals surface area contributed by atoms with Gasteiger partial charge in [0.15, 0.2) is 5.96 Å². The molecule has 47 heavy (non-hydrogen) atoms. The summed E-state index contributed by atoms with van der Waals surface area (Å²) in [7, 11) is 1.23. The van der Waals surface area contributed by atoms with E-state index in [9.17, 15) is 24.0 Å². The van der Waals surface area contributed by atoms with Crippen molar-refractivity contribution in [3.63, 3.8) is 0 Å². The number of carbonyl (C=O) groups excluding carboxylic acids is 5. The third kappa shape index (κ3) is 6.63. The van der Waals surface area contributed by atoms with Crippen LogP contribution in [0.15, 0.2) is 71.7 Å². The van der Waals surface area contributed by atoms with Gasteiger partial charge in [0.05, 0.1) is 30.6 Å². The van der Waals surface area contributed by atoms with Crippen LogP contribution in [0.5, 0.6) is 0 Å². The van der Waals surface area contributed by atoms with Gasteiger partial charge in [-0.25, -0.2) is 4.79 Å². The highest BCUT2D eigenvalue weighted by Crippen LogP contribution is 2.45. The first-order chi connectivity index (χ1) is 22.7. The monoisotopic (exact) mass is 638 g/mol. The molecule has 6 N–H and O–H groups in total. The van der Waals surface area contributed by atoms with Crippen molar-refractivity contribution in [2.75, 3.05) is 25.1 Å². The molecule has 3 aromatic rings. The Labute approximate surface area is 272 Å². The Hall–Kier alpha value is -5.36. The normalized spacial score (nSPS) is 20.0. The van der Waals surface area contributed by atoms with E-state index in [1.54, 1.807) is 23.1 Å². The lowest BCUT2D eigenvalue weighted by molar-refractivity contribution is -0.144. The van der Waals surface area contributed by atoms with Crippen LogP contribution >= 0.6 is 0 Å². The minimum Gasteiger partial charge on any atom is -0.468 e. The maximum Gasteiger partial charge on any atom is 0.328 e. The van der Waals surface area contributed by atoms with Crippen molar-refractivity contribution in [2.45, 2.75) is 49.6 Å². The SMILES string of the molecule is COC(=O)[C@]1(Cc2ccc(N3C(=O)CNC(=O)c4cc(CCCCCN=C(N)N)ccc43)c(-c3ccccc3)c2)NC1(C=O)CC=O. The van der Waals surface area contributed by atoms with Crippen LogP contribution in [0, 0.1) is 0 Å². The molecule has 0 saturated carbocycles. The molecular weight excluding hydrogens is 600 g/mol. The number of amides is 2. The van der Waals surface area contributed by atoms with Crippen molar-refractivity contribution in [1.82, 2.24) is 10.6 Å². The molecular formula is C35H38N6O6. The maximum atomic E-state index is 13.7. The lowest BCUT2D eigenvalue weighted by atomic mass is 9.85. The lowest BCUT2D eigenvalue weighted by Gasteiger charge is -2.26. The van der Waals surface area contributed by atoms with E-state index in [-0.39, 0.29) is 37.2 Å². The number of anilines is 2. The minimum absolute atomic E-state index is 0.0618. The zero-order chi connectivity index (χ0) is 33.6. The van der Waals surface area contributed by atoms with Gasteiger partial charge in [0.25, 0.3) is 11.8 Å². The molecule has 244 valence electrons. The topological polar surface area (TPSA) is 196 Å². The number of esters is 1. The third-order valence-corrected chi connectivity index (χ3v) is 8.75. The molecule has 2 aliphatic heterocycles. The quantitative estimate of drug-likeness (QED) is 0.0512. The van der Waals surface area contributed by atoms with E-state index in [0.717, 1.165) is 36.8 Å². The number of aryl methyl sites for hydroxylation is 1. The van der Waals surface area contributed by atoms with Crippen LogP contribution in [-0.2, 0) is 36.8 Å². The standard InChI is InChI=1S/C35H38N6O6/c1-47-32(46)35(34(22-43,40-35)15-17-42)20-24-12-14-28(26(19-24)25-9-5-2-6-10-25)41-29-13-11-23(8-4-3-7-16-38-33(36)37)18-27(29)31(45)39-21-30(41)44/h2,5-6,9-14,17-19,22,40H,3-4,7-8,15-16,20-21H2,1H3,(H,39,45)(H4,36,37,38)/t34?,35-/m0/s1. The Balaban J connectivity index is 1.51. The zero-order valence-electron chi connectivity index (χ0n) is 26.2. The molecule has 2 amide bonds. The predicted octanol–water partition coefficient (Wildman–Crippen LogP) is 2.33. The summed E-state index contributed by atoms with van der Waals surface area (Å²) in [5.41, 5.74) is 12.5. The smallest absolute Gasteiger partial charge is 0.328 e. The fourth-order valence-corrected chi connectivity index (χ4v) is 6.28. The van der Waals surface area contributed by atoms with Crippen LogP contribution in [0.3, 0.4) is 0 Å². The first-order valence-electron chi connectivity index (χ1n) is 15.4. The number of fused-ring (bicyclic) bond motifs is 1. The number of nitrogens with zero attached hydrogens (tertiary/aromatic N) is 2. The van der Waals surface area contributed by atoms with Crippen molar-refractivity contribution >= 4 is 47.7 Å². The van der Waals surface area contributed by atoms with Crippen LogP contribution < -0.4 is 27.0 Å². The van der Waals surface area contributed by atoms with E-state index >= 15 is 0 Å². The Kier molecular flexibility index (Phi) is 9.80. The van der Waals surface area contributed by atoms with E-state index < -0.39 is 17.0 Å². The molecule has 2 heterocycles. The highest BCUT2D eigenvalue weighted by Gasteiger charge is 2.72. The number of benzene rings is 3. The molecule has 0 spiro atoms. The van der Waals surface area contributed by atoms with Gasteiger partial charge in [-0.1, -0.05) is 48.9 Å². The molecule has 3 aromatic carbocycles. The van der Waals surface area contributed by atoms with E-state index in [2.05, 4.69) is 15.6 Å². The van der Waals surface area contributed by atoms with Crippen molar-refractivity contribution in [3.8, 4) is 11.1 Å². The van der Waals surface area contributed by atoms with Crippen LogP contribution in [0.1, 0.15) is 47.2 Å². The molecule has 0 radical (unpaired) electrons. The number of rotatable bonds is 14. The average molecular weight is 639 g/mol. The maximum absolute atomic E-state index is 13.7. The number of aldehydes is 2. The zero-order valence-corrected chi connectivity index (χ0v) is 26.2. The number of unbranched alkanes of at least 4 members (excludes halogenated alkanes) is 2. The number of hydrogen-bond donors (Lipinski definition) is 4. The molecule has 2 aliphatic rings. The Morgan fingerprint density at radius 1 is 0.957 bits per heavy atom. The van der Waals surface area contributed by atoms with Gasteiger partial charge in [0, 0.05) is 24.9 Å². The Morgan fingerprint density at radius 2 is 1.66 bits per heavy atom. The van der Waals surface area contributed by atoms with E-state index in [0.29, 0.717) is 47.2 Å². The number of carbonyl (C=O) groups is 5. The largest absolute Gasteiger partial charge is 0.468 e. The van der Waals surface area contributed by atoms with Crippen molar-refractivity contribution in [1.29, 1.82) is 0 Å². The molecule has 0 aromatic heterocycles. The molecule has 0 bridgehead atoms. The summed E-state index contributed by atoms with van der Waals surface area (Å²) in [6, 6.07) is 20.4. The van der Waals surface area contributed by atoms with Gasteiger partial charge in [-0.2, -0.15) is 0 Å². The van der Waals surface area contributed by atoms with E-state index in [1.807, 2.05) is 48.5 Å². The highest BCUT2D eigenvalue weighted by molar-refractivity contribution is 6.14. The summed E-state index contributed by atoms with van der Waals surface area (Å²) in [5, 5.41) is 5.69. The molecule has 12 nitrogen and oxygen atoms in total. The summed E-state index contributed by atoms with van der Waals surface area (Å²) >= 11 is 0. The van der Waals surface area contributed by atoms with Gasteiger partial charge in [-0.3, -0.25) is 24.8 Å². The van der Waals surface area contributed by atoms with Crippen molar-refractivity contribution < 1.29 is 28.7 Å². The van der Waals surface area contributed by atoms with Crippen molar-refractivity contribution in [2.24, 2.45) is 16.5 Å². The van der Waals surface area contributed by atoms with Gasteiger partial charge >= 0.3 is 5.97 Å². The van der Waals surface area contributed by atoms with Crippen LogP contribution in [0.4, 0.5) is 11.4 Å². The van der Waals surface area contributed by atoms with Crippen LogP contribution in [0.25, 0.3) is 11.1 Å². The summed E-state index contributed by atoms with van der Waals surface area (Å²) in [6.45, 7) is 0.359. The van der Waals surface area contributed by atoms with Gasteiger partial charge in [0.2, 0.25) is 0 Å². The number of aliphatic imine (C=N–C) groups is 1. The number of methoxy groups -OCH3 is 1. The van der Waals surface area contributed by atoms with Gasteiger partial charge in [-0.05, 0) is 60.2 Å². The van der Waals surface area contributed by atoms with E-state index in [4.69, 9.17) is 16.2 Å². The van der Waals surface area contributed by atoms with Crippen LogP contribution in [-0.4, -0.2) is 67.6 Å². The minimum atomic E-state index is -1.41. The molecule has 5 rings (SSSR count). The van der Waals surface area contributed by atoms with Crippen molar-refractivity contribution in [3.05, 3.63) is 83.4 Å². The molecule has 1 fully saturated rings. The van der Waals surface area contributed by atoms with Gasteiger partial charge in [-0.15, -0.1) is 0 Å². The van der Waals surface area contributed by atoms with Gasteiger partial charge in [0.1, 0.15) is 23.7 Å². The summed E-state index contributed by atoms with van der Waals surface area (Å²) in [6.07, 6.45) is 4.43. The second-order valence-electron chi connectivity index (χ2n) is 11.8.